The van der Waals surface area contributed by atoms with Crippen LogP contribution in [0.5, 0.6) is 0 Å². The Bertz CT molecular complexity index is 174. The predicted molar refractivity (Wildman–Crippen MR) is 71.6 cm³/mol. The Hall–Kier alpha value is -0.0800. The molecule has 0 heterocycles. The minimum absolute atomic E-state index is 0.164. The van der Waals surface area contributed by atoms with Gasteiger partial charge >= 0.3 is 0 Å². The molecule has 0 atom stereocenters. The molecule has 16 heavy (non-hydrogen) atoms. The summed E-state index contributed by atoms with van der Waals surface area (Å²) in [6.07, 6.45) is 11.8. The standard InChI is InChI=1S/C14H30N2/c1-3-4-8-12-16(2)13-11-14(15)9-6-5-7-10-14/h3-13,15H2,1-2H3. The second-order valence-electron chi connectivity index (χ2n) is 5.68. The predicted octanol–water partition coefficient (Wildman–Crippen LogP) is 3.16. The molecule has 0 aromatic heterocycles. The van der Waals surface area contributed by atoms with Gasteiger partial charge in [0.15, 0.2) is 0 Å². The summed E-state index contributed by atoms with van der Waals surface area (Å²) in [6, 6.07) is 0. The number of hydrogen-bond donors (Lipinski definition) is 1. The van der Waals surface area contributed by atoms with Crippen molar-refractivity contribution in [3.8, 4) is 0 Å². The molecule has 0 unspecified atom stereocenters. The molecule has 0 bridgehead atoms. The van der Waals surface area contributed by atoms with Gasteiger partial charge in [0, 0.05) is 5.54 Å². The van der Waals surface area contributed by atoms with Crippen molar-refractivity contribution in [1.82, 2.24) is 4.90 Å². The monoisotopic (exact) mass is 226 g/mol. The van der Waals surface area contributed by atoms with Crippen molar-refractivity contribution in [2.45, 2.75) is 70.3 Å². The summed E-state index contributed by atoms with van der Waals surface area (Å²) in [5, 5.41) is 0. The highest BCUT2D eigenvalue weighted by Crippen LogP contribution is 2.28. The second-order valence-corrected chi connectivity index (χ2v) is 5.68. The van der Waals surface area contributed by atoms with Gasteiger partial charge in [0.25, 0.3) is 0 Å². The molecule has 2 N–H and O–H groups in total. The Morgan fingerprint density at radius 3 is 2.38 bits per heavy atom. The minimum Gasteiger partial charge on any atom is -0.325 e. The van der Waals surface area contributed by atoms with Gasteiger partial charge < -0.3 is 10.6 Å². The number of unbranched alkanes of at least 4 members (excludes halogenated alkanes) is 2. The van der Waals surface area contributed by atoms with Crippen LogP contribution in [-0.4, -0.2) is 30.6 Å². The SMILES string of the molecule is CCCCCN(C)CCC1(N)CCCCC1. The molecule has 1 rings (SSSR count). The van der Waals surface area contributed by atoms with Gasteiger partial charge in [0.1, 0.15) is 0 Å². The first-order valence-electron chi connectivity index (χ1n) is 7.14. The van der Waals surface area contributed by atoms with E-state index in [2.05, 4.69) is 18.9 Å². The summed E-state index contributed by atoms with van der Waals surface area (Å²) in [6.45, 7) is 4.68. The van der Waals surface area contributed by atoms with Gasteiger partial charge in [0.05, 0.1) is 0 Å². The zero-order valence-corrected chi connectivity index (χ0v) is 11.3. The molecular weight excluding hydrogens is 196 g/mol. The Kier molecular flexibility index (Phi) is 6.37. The molecule has 1 aliphatic rings. The summed E-state index contributed by atoms with van der Waals surface area (Å²) >= 11 is 0. The van der Waals surface area contributed by atoms with Crippen LogP contribution in [0.1, 0.15) is 64.7 Å². The summed E-state index contributed by atoms with van der Waals surface area (Å²) < 4.78 is 0. The largest absolute Gasteiger partial charge is 0.325 e. The van der Waals surface area contributed by atoms with Crippen molar-refractivity contribution in [3.05, 3.63) is 0 Å². The summed E-state index contributed by atoms with van der Waals surface area (Å²) in [5.74, 6) is 0. The Labute approximate surface area is 102 Å². The number of nitrogens with two attached hydrogens (primary N) is 1. The lowest BCUT2D eigenvalue weighted by Crippen LogP contribution is -2.44. The quantitative estimate of drug-likeness (QED) is 0.676. The fourth-order valence-electron chi connectivity index (χ4n) is 2.66. The molecular formula is C14H30N2. The van der Waals surface area contributed by atoms with E-state index in [1.54, 1.807) is 0 Å². The van der Waals surface area contributed by atoms with Crippen molar-refractivity contribution in [3.63, 3.8) is 0 Å². The molecule has 0 radical (unpaired) electrons. The number of hydrogen-bond acceptors (Lipinski definition) is 2. The fraction of sp³-hybridized carbons (Fsp3) is 1.00. The maximum Gasteiger partial charge on any atom is 0.0166 e. The minimum atomic E-state index is 0.164. The average Bonchev–Trinajstić information content (AvgIpc) is 2.28. The molecule has 0 aromatic carbocycles. The van der Waals surface area contributed by atoms with Crippen molar-refractivity contribution in [2.24, 2.45) is 5.73 Å². The Morgan fingerprint density at radius 2 is 1.75 bits per heavy atom. The lowest BCUT2D eigenvalue weighted by atomic mass is 9.80. The van der Waals surface area contributed by atoms with Crippen LogP contribution in [0.2, 0.25) is 0 Å². The van der Waals surface area contributed by atoms with E-state index in [0.717, 1.165) is 0 Å². The van der Waals surface area contributed by atoms with Gasteiger partial charge in [-0.1, -0.05) is 39.0 Å². The number of rotatable bonds is 7. The normalized spacial score (nSPS) is 20.2. The van der Waals surface area contributed by atoms with Crippen LogP contribution in [0.15, 0.2) is 0 Å². The van der Waals surface area contributed by atoms with Gasteiger partial charge in [-0.05, 0) is 45.8 Å². The Balaban J connectivity index is 2.12. The van der Waals surface area contributed by atoms with E-state index in [0.29, 0.717) is 0 Å². The second kappa shape index (κ2) is 7.29. The van der Waals surface area contributed by atoms with E-state index < -0.39 is 0 Å². The average molecular weight is 226 g/mol. The zero-order chi connectivity index (χ0) is 11.9. The molecule has 2 heteroatoms. The van der Waals surface area contributed by atoms with Crippen LogP contribution in [0.4, 0.5) is 0 Å². The van der Waals surface area contributed by atoms with Crippen LogP contribution in [0.25, 0.3) is 0 Å². The highest BCUT2D eigenvalue weighted by atomic mass is 15.1. The van der Waals surface area contributed by atoms with E-state index in [1.165, 1.54) is 70.9 Å². The molecule has 0 aliphatic heterocycles. The van der Waals surface area contributed by atoms with Crippen LogP contribution < -0.4 is 5.73 Å². The van der Waals surface area contributed by atoms with Crippen LogP contribution >= 0.6 is 0 Å². The van der Waals surface area contributed by atoms with Crippen molar-refractivity contribution in [2.75, 3.05) is 20.1 Å². The molecule has 0 aromatic rings. The maximum atomic E-state index is 6.44. The molecule has 0 saturated heterocycles. The van der Waals surface area contributed by atoms with Crippen LogP contribution in [0, 0.1) is 0 Å². The summed E-state index contributed by atoms with van der Waals surface area (Å²) in [7, 11) is 2.24. The first kappa shape index (κ1) is 14.0. The van der Waals surface area contributed by atoms with E-state index in [9.17, 15) is 0 Å². The molecule has 0 amide bonds. The molecule has 1 saturated carbocycles. The van der Waals surface area contributed by atoms with Gasteiger partial charge in [0.2, 0.25) is 0 Å². The third kappa shape index (κ3) is 5.31. The molecule has 1 fully saturated rings. The van der Waals surface area contributed by atoms with E-state index in [-0.39, 0.29) is 5.54 Å². The van der Waals surface area contributed by atoms with Crippen LogP contribution in [0.3, 0.4) is 0 Å². The molecule has 1 aliphatic carbocycles. The van der Waals surface area contributed by atoms with Gasteiger partial charge in [-0.25, -0.2) is 0 Å². The van der Waals surface area contributed by atoms with E-state index >= 15 is 0 Å². The zero-order valence-electron chi connectivity index (χ0n) is 11.3. The lowest BCUT2D eigenvalue weighted by Gasteiger charge is -2.34. The first-order valence-corrected chi connectivity index (χ1v) is 7.14. The number of nitrogens with zero attached hydrogens (tertiary/aromatic N) is 1. The summed E-state index contributed by atoms with van der Waals surface area (Å²) in [5.41, 5.74) is 6.60. The highest BCUT2D eigenvalue weighted by molar-refractivity contribution is 4.87. The topological polar surface area (TPSA) is 29.3 Å². The van der Waals surface area contributed by atoms with Crippen LogP contribution in [-0.2, 0) is 0 Å². The highest BCUT2D eigenvalue weighted by Gasteiger charge is 2.26. The first-order chi connectivity index (χ1) is 7.66. The van der Waals surface area contributed by atoms with Gasteiger partial charge in [-0.2, -0.15) is 0 Å². The third-order valence-corrected chi connectivity index (χ3v) is 3.98. The van der Waals surface area contributed by atoms with Crippen molar-refractivity contribution in [1.29, 1.82) is 0 Å². The lowest BCUT2D eigenvalue weighted by molar-refractivity contribution is 0.228. The van der Waals surface area contributed by atoms with Gasteiger partial charge in [-0.15, -0.1) is 0 Å². The molecule has 2 nitrogen and oxygen atoms in total. The maximum absolute atomic E-state index is 6.44. The fourth-order valence-corrected chi connectivity index (χ4v) is 2.66. The summed E-state index contributed by atoms with van der Waals surface area (Å²) in [4.78, 5) is 2.46. The molecule has 0 spiro atoms. The Morgan fingerprint density at radius 1 is 1.06 bits per heavy atom. The van der Waals surface area contributed by atoms with Crippen molar-refractivity contribution >= 4 is 0 Å². The van der Waals surface area contributed by atoms with E-state index in [1.807, 2.05) is 0 Å². The van der Waals surface area contributed by atoms with E-state index in [4.69, 9.17) is 5.73 Å². The molecule has 96 valence electrons. The third-order valence-electron chi connectivity index (χ3n) is 3.98. The van der Waals surface area contributed by atoms with Crippen molar-refractivity contribution < 1.29 is 0 Å². The smallest absolute Gasteiger partial charge is 0.0166 e. The van der Waals surface area contributed by atoms with Gasteiger partial charge in [-0.3, -0.25) is 0 Å².